The molecule has 0 saturated heterocycles. The normalized spacial score (nSPS) is 10.0. The monoisotopic (exact) mass is 573 g/mol. The van der Waals surface area contributed by atoms with Crippen LogP contribution in [0.15, 0.2) is 0 Å². The molecule has 28 heavy (non-hydrogen) atoms. The van der Waals surface area contributed by atoms with Crippen molar-refractivity contribution in [3.05, 3.63) is 6.42 Å². The van der Waals surface area contributed by atoms with Gasteiger partial charge in [-0.15, -0.1) is 6.42 Å². The Morgan fingerprint density at radius 2 is 1.32 bits per heavy atom. The molecule has 1 amide bonds. The van der Waals surface area contributed by atoms with Crippen LogP contribution in [0.25, 0.3) is 0 Å². The Balaban J connectivity index is -0.00000146. The fourth-order valence-corrected chi connectivity index (χ4v) is 1.65. The van der Waals surface area contributed by atoms with Crippen molar-refractivity contribution in [2.45, 2.75) is 47.0 Å². The van der Waals surface area contributed by atoms with E-state index in [4.69, 9.17) is 18.9 Å². The summed E-state index contributed by atoms with van der Waals surface area (Å²) < 4.78 is 21.1. The Kier molecular flexibility index (Phi) is 33.3. The van der Waals surface area contributed by atoms with Crippen LogP contribution >= 0.6 is 0 Å². The van der Waals surface area contributed by atoms with Gasteiger partial charge in [-0.2, -0.15) is 13.8 Å². The molecule has 0 rings (SSSR count). The van der Waals surface area contributed by atoms with Gasteiger partial charge in [0.1, 0.15) is 0 Å². The largest absolute Gasteiger partial charge is 2.00 e. The van der Waals surface area contributed by atoms with Crippen molar-refractivity contribution in [2.24, 2.45) is 5.92 Å². The van der Waals surface area contributed by atoms with E-state index in [1.807, 2.05) is 20.3 Å². The molecule has 0 saturated carbocycles. The summed E-state index contributed by atoms with van der Waals surface area (Å²) in [5, 5.41) is 2.82. The van der Waals surface area contributed by atoms with Crippen molar-refractivity contribution in [3.63, 3.8) is 0 Å². The summed E-state index contributed by atoms with van der Waals surface area (Å²) in [5.74, 6) is 0.621. The van der Waals surface area contributed by atoms with Crippen molar-refractivity contribution in [2.75, 3.05) is 59.4 Å². The van der Waals surface area contributed by atoms with Crippen LogP contribution in [0.5, 0.6) is 0 Å². The topological polar surface area (TPSA) is 83.1 Å². The van der Waals surface area contributed by atoms with E-state index in [1.54, 1.807) is 6.29 Å². The molecule has 0 aliphatic rings. The third kappa shape index (κ3) is 33.3. The number of hydrogen-bond acceptors (Lipinski definition) is 6. The molecule has 1 N–H and O–H groups in total. The van der Waals surface area contributed by atoms with Crippen LogP contribution in [-0.2, 0) is 49.6 Å². The molecule has 0 atom stereocenters. The molecule has 0 unspecified atom stereocenters. The zero-order valence-electron chi connectivity index (χ0n) is 18.0. The quantitative estimate of drug-likeness (QED) is 0.200. The molecule has 0 aliphatic heterocycles. The Morgan fingerprint density at radius 1 is 0.893 bits per heavy atom. The molecule has 0 fully saturated rings. The molecule has 0 aliphatic carbocycles. The summed E-state index contributed by atoms with van der Waals surface area (Å²) in [7, 11) is 0. The summed E-state index contributed by atoms with van der Waals surface area (Å²) in [6.07, 6.45) is 5.53. The third-order valence-corrected chi connectivity index (χ3v) is 2.98. The standard InChI is InChI=1S/C17H32NO6.C3H7.W/c1-16(2)4-5-17(20)18-6-9-22-11-13-24-15-14-23-12-10-21-8-3-7-19;1-3-2;/h16H,3-6,8-15H2,1-2H3,(H,18,20);3H,1-2H3;/q2*-1;+2. The van der Waals surface area contributed by atoms with Gasteiger partial charge in [-0.25, -0.2) is 0 Å². The van der Waals surface area contributed by atoms with E-state index in [9.17, 15) is 9.59 Å². The van der Waals surface area contributed by atoms with Gasteiger partial charge in [0.05, 0.1) is 46.2 Å². The predicted molar refractivity (Wildman–Crippen MR) is 106 cm³/mol. The van der Waals surface area contributed by atoms with Gasteiger partial charge in [-0.1, -0.05) is 13.8 Å². The van der Waals surface area contributed by atoms with Crippen LogP contribution in [0.4, 0.5) is 0 Å². The first kappa shape index (κ1) is 32.3. The molecule has 7 nitrogen and oxygen atoms in total. The van der Waals surface area contributed by atoms with Gasteiger partial charge >= 0.3 is 21.1 Å². The van der Waals surface area contributed by atoms with Crippen molar-refractivity contribution in [3.8, 4) is 0 Å². The van der Waals surface area contributed by atoms with E-state index in [-0.39, 0.29) is 27.0 Å². The van der Waals surface area contributed by atoms with E-state index in [0.29, 0.717) is 78.2 Å². The van der Waals surface area contributed by atoms with Gasteiger partial charge in [0, 0.05) is 19.6 Å². The summed E-state index contributed by atoms with van der Waals surface area (Å²) in [5.41, 5.74) is 0. The fraction of sp³-hybridized carbons (Fsp3) is 0.850. The van der Waals surface area contributed by atoms with Crippen LogP contribution in [0, 0.1) is 12.3 Å². The molecule has 0 aromatic heterocycles. The molecule has 166 valence electrons. The number of carbonyl (C=O) groups is 1. The maximum atomic E-state index is 11.5. The number of amides is 1. The maximum Gasteiger partial charge on any atom is 2.00 e. The van der Waals surface area contributed by atoms with E-state index < -0.39 is 0 Å². The molecule has 0 aromatic carbocycles. The first-order chi connectivity index (χ1) is 13.1. The molecule has 8 heteroatoms. The van der Waals surface area contributed by atoms with Crippen LogP contribution in [0.3, 0.4) is 0 Å². The van der Waals surface area contributed by atoms with Crippen LogP contribution in [0.2, 0.25) is 0 Å². The Bertz CT molecular complexity index is 319. The van der Waals surface area contributed by atoms with Crippen LogP contribution in [-0.4, -0.2) is 71.6 Å². The first-order valence-electron chi connectivity index (χ1n) is 9.75. The van der Waals surface area contributed by atoms with E-state index in [1.165, 1.54) is 0 Å². The van der Waals surface area contributed by atoms with Crippen molar-refractivity contribution in [1.29, 1.82) is 0 Å². The van der Waals surface area contributed by atoms with Gasteiger partial charge in [0.15, 0.2) is 0 Å². The first-order valence-corrected chi connectivity index (χ1v) is 9.75. The summed E-state index contributed by atoms with van der Waals surface area (Å²) >= 11 is 0. The number of rotatable bonds is 18. The second-order valence-corrected chi connectivity index (χ2v) is 6.20. The molecule has 0 radical (unpaired) electrons. The van der Waals surface area contributed by atoms with Crippen LogP contribution < -0.4 is 5.32 Å². The van der Waals surface area contributed by atoms with Crippen molar-refractivity contribution >= 4 is 12.2 Å². The average molecular weight is 573 g/mol. The van der Waals surface area contributed by atoms with Gasteiger partial charge in [0.2, 0.25) is 5.91 Å². The SMILES string of the molecule is CC(C)CCC(=O)NCCOCCOCCOCCOCC[C-]=O.C[CH-]C.[W+2]. The smallest absolute Gasteiger partial charge is 0.542 e. The second-order valence-electron chi connectivity index (χ2n) is 6.20. The number of carbonyl (C=O) groups excluding carboxylic acids is 2. The van der Waals surface area contributed by atoms with Crippen LogP contribution in [0.1, 0.15) is 47.0 Å². The summed E-state index contributed by atoms with van der Waals surface area (Å²) in [4.78, 5) is 21.4. The minimum Gasteiger partial charge on any atom is -0.542 e. The number of hydrogen-bond donors (Lipinski definition) is 1. The zero-order valence-corrected chi connectivity index (χ0v) is 20.9. The number of nitrogens with one attached hydrogen (secondary N) is 1. The van der Waals surface area contributed by atoms with E-state index >= 15 is 0 Å². The third-order valence-electron chi connectivity index (χ3n) is 2.98. The number of ether oxygens (including phenoxy) is 4. The Hall–Kier alpha value is -0.332. The van der Waals surface area contributed by atoms with Crippen molar-refractivity contribution in [1.82, 2.24) is 5.32 Å². The molecule has 0 aromatic rings. The zero-order chi connectivity index (χ0) is 20.6. The summed E-state index contributed by atoms with van der Waals surface area (Å²) in [6.45, 7) is 12.5. The second kappa shape index (κ2) is 28.9. The van der Waals surface area contributed by atoms with E-state index in [0.717, 1.165) is 6.42 Å². The minimum atomic E-state index is 0. The molecule has 0 spiro atoms. The van der Waals surface area contributed by atoms with Gasteiger partial charge in [-0.3, -0.25) is 11.1 Å². The Morgan fingerprint density at radius 3 is 1.75 bits per heavy atom. The van der Waals surface area contributed by atoms with Gasteiger partial charge < -0.3 is 35.5 Å². The fourth-order valence-electron chi connectivity index (χ4n) is 1.65. The average Bonchev–Trinajstić information content (AvgIpc) is 2.64. The molecule has 0 heterocycles. The molecule has 0 bridgehead atoms. The van der Waals surface area contributed by atoms with Gasteiger partial charge in [-0.05, 0) is 12.3 Å². The Labute approximate surface area is 185 Å². The van der Waals surface area contributed by atoms with Crippen molar-refractivity contribution < 1.29 is 49.6 Å². The van der Waals surface area contributed by atoms with E-state index in [2.05, 4.69) is 19.2 Å². The molecular formula is C20H39NO6W. The van der Waals surface area contributed by atoms with Gasteiger partial charge in [0.25, 0.3) is 0 Å². The maximum absolute atomic E-state index is 11.5. The minimum absolute atomic E-state index is 0. The summed E-state index contributed by atoms with van der Waals surface area (Å²) in [6, 6.07) is 0. The predicted octanol–water partition coefficient (Wildman–Crippen LogP) is 2.33. The molecular weight excluding hydrogens is 534 g/mol.